The van der Waals surface area contributed by atoms with Crippen LogP contribution >= 0.6 is 11.6 Å². The predicted octanol–water partition coefficient (Wildman–Crippen LogP) is 4.72. The number of benzene rings is 4. The number of piperazine rings is 1. The molecule has 0 aliphatic carbocycles. The van der Waals surface area contributed by atoms with Gasteiger partial charge in [0.05, 0.1) is 17.7 Å². The molecule has 4 N–H and O–H groups in total. The molecule has 3 aliphatic rings. The van der Waals surface area contributed by atoms with Crippen LogP contribution in [-0.4, -0.2) is 112 Å². The maximum atomic E-state index is 13.4. The lowest BCUT2D eigenvalue weighted by Crippen LogP contribution is -2.54. The van der Waals surface area contributed by atoms with E-state index >= 15 is 0 Å². The number of phenolic OH excluding ortho intramolecular Hbond substituents is 2. The Kier molecular flexibility index (Phi) is 11.9. The van der Waals surface area contributed by atoms with Crippen molar-refractivity contribution < 1.29 is 38.9 Å². The smallest absolute Gasteiger partial charge is 0.264 e. The third kappa shape index (κ3) is 8.64. The van der Waals surface area contributed by atoms with Crippen LogP contribution in [0, 0.1) is 0 Å². The number of carbonyl (C=O) groups excluding carboxylic acids is 5. The molecule has 5 amide bonds. The van der Waals surface area contributed by atoms with Gasteiger partial charge in [-0.1, -0.05) is 42.5 Å². The Labute approximate surface area is 334 Å². The molecule has 3 heterocycles. The molecule has 3 aliphatic heterocycles. The number of piperidine rings is 1. The first-order valence-electron chi connectivity index (χ1n) is 18.8. The Balaban J connectivity index is 0.916. The van der Waals surface area contributed by atoms with E-state index in [2.05, 4.69) is 15.5 Å². The Hall–Kier alpha value is -6.18. The predicted molar refractivity (Wildman–Crippen MR) is 214 cm³/mol. The normalized spacial score (nSPS) is 17.6. The number of halogens is 1. The van der Waals surface area contributed by atoms with Crippen LogP contribution in [0.3, 0.4) is 0 Å². The molecule has 1 atom stereocenters. The molecular formula is C43H42ClN5O8. The number of amides is 5. The number of alkyl halides is 1. The van der Waals surface area contributed by atoms with Gasteiger partial charge in [-0.05, 0) is 89.2 Å². The monoisotopic (exact) mass is 791 g/mol. The third-order valence-corrected chi connectivity index (χ3v) is 10.6. The van der Waals surface area contributed by atoms with Crippen LogP contribution in [0.15, 0.2) is 91.0 Å². The highest BCUT2D eigenvalue weighted by atomic mass is 35.5. The number of carbonyl (C=O) groups is 5. The van der Waals surface area contributed by atoms with Gasteiger partial charge in [-0.25, -0.2) is 0 Å². The fourth-order valence-electron chi connectivity index (χ4n) is 7.49. The van der Waals surface area contributed by atoms with E-state index in [1.807, 2.05) is 48.5 Å². The van der Waals surface area contributed by atoms with Crippen molar-refractivity contribution in [2.45, 2.75) is 25.3 Å². The number of fused-ring (bicyclic) bond motifs is 1. The molecule has 13 nitrogen and oxygen atoms in total. The molecule has 4 aromatic rings. The summed E-state index contributed by atoms with van der Waals surface area (Å²) in [6.07, 6.45) is 0.674. The summed E-state index contributed by atoms with van der Waals surface area (Å²) < 4.78 is 6.12. The van der Waals surface area contributed by atoms with E-state index < -0.39 is 29.7 Å². The topological polar surface area (TPSA) is 169 Å². The average molecular weight is 792 g/mol. The number of anilines is 1. The van der Waals surface area contributed by atoms with Gasteiger partial charge >= 0.3 is 0 Å². The molecule has 0 saturated carbocycles. The van der Waals surface area contributed by atoms with Crippen molar-refractivity contribution in [3.8, 4) is 17.2 Å². The molecule has 0 radical (unpaired) electrons. The quantitative estimate of drug-likeness (QED) is 0.0845. The zero-order valence-corrected chi connectivity index (χ0v) is 31.8. The van der Waals surface area contributed by atoms with Crippen LogP contribution in [0.5, 0.6) is 17.2 Å². The minimum Gasteiger partial charge on any atom is -0.508 e. The SMILES string of the molecule is O=C1CCC(N2C(=O)c3cccc(NCC(=O)N4CCN(CCOc5ccc(C(=C(CCCl)c6ccc(O)cc6)c6ccc(O)cc6)cc5)CC4)c3C2=O)C(=O)N1. The molecule has 14 heteroatoms. The molecule has 2 fully saturated rings. The molecule has 0 bridgehead atoms. The summed E-state index contributed by atoms with van der Waals surface area (Å²) in [4.78, 5) is 68.7. The fourth-order valence-corrected chi connectivity index (χ4v) is 7.68. The van der Waals surface area contributed by atoms with Crippen molar-refractivity contribution in [3.63, 3.8) is 0 Å². The van der Waals surface area contributed by atoms with Gasteiger partial charge in [0, 0.05) is 50.7 Å². The number of hydrogen-bond donors (Lipinski definition) is 4. The van der Waals surface area contributed by atoms with Crippen molar-refractivity contribution in [1.82, 2.24) is 20.0 Å². The number of rotatable bonds is 13. The summed E-state index contributed by atoms with van der Waals surface area (Å²) >= 11 is 6.28. The van der Waals surface area contributed by atoms with Gasteiger partial charge in [0.2, 0.25) is 17.7 Å². The standard InChI is InChI=1S/C43H42ClN5O8/c44-19-18-33(27-4-10-30(50)11-5-27)39(28-6-12-31(51)13-7-28)29-8-14-32(15-9-29)57-25-24-47-20-22-48(23-21-47)38(53)26-45-35-3-1-2-34-40(35)43(56)49(42(34)55)36-16-17-37(52)46-41(36)54/h1-15,36,45,50-51H,16-26H2,(H,46,52,54). The van der Waals surface area contributed by atoms with Gasteiger partial charge in [-0.2, -0.15) is 0 Å². The largest absolute Gasteiger partial charge is 0.508 e. The molecule has 294 valence electrons. The molecule has 7 rings (SSSR count). The van der Waals surface area contributed by atoms with Gasteiger partial charge in [0.25, 0.3) is 11.8 Å². The van der Waals surface area contributed by atoms with Crippen LogP contribution in [0.25, 0.3) is 11.1 Å². The Morgan fingerprint density at radius 1 is 0.807 bits per heavy atom. The Morgan fingerprint density at radius 2 is 1.44 bits per heavy atom. The van der Waals surface area contributed by atoms with E-state index in [0.29, 0.717) is 63.1 Å². The number of phenols is 2. The number of allylic oxidation sites excluding steroid dienone is 1. The molecule has 2 saturated heterocycles. The second-order valence-corrected chi connectivity index (χ2v) is 14.4. The second-order valence-electron chi connectivity index (χ2n) is 14.0. The number of ether oxygens (including phenoxy) is 1. The van der Waals surface area contributed by atoms with Crippen LogP contribution in [-0.2, 0) is 14.4 Å². The third-order valence-electron chi connectivity index (χ3n) is 10.5. The van der Waals surface area contributed by atoms with Gasteiger partial charge in [0.1, 0.15) is 29.9 Å². The second kappa shape index (κ2) is 17.3. The van der Waals surface area contributed by atoms with E-state index in [0.717, 1.165) is 32.7 Å². The lowest BCUT2D eigenvalue weighted by molar-refractivity contribution is -0.136. The van der Waals surface area contributed by atoms with E-state index in [9.17, 15) is 34.2 Å². The van der Waals surface area contributed by atoms with Crippen LogP contribution in [0.2, 0.25) is 0 Å². The lowest BCUT2D eigenvalue weighted by atomic mass is 9.88. The minimum absolute atomic E-state index is 0.0291. The van der Waals surface area contributed by atoms with E-state index in [4.69, 9.17) is 16.3 Å². The van der Waals surface area contributed by atoms with Crippen molar-refractivity contribution >= 4 is 58.0 Å². The minimum atomic E-state index is -1.07. The summed E-state index contributed by atoms with van der Waals surface area (Å²) in [5.74, 6) is -1.06. The number of hydrogen-bond acceptors (Lipinski definition) is 10. The van der Waals surface area contributed by atoms with Gasteiger partial charge < -0.3 is 25.2 Å². The Bertz CT molecular complexity index is 2200. The highest BCUT2D eigenvalue weighted by molar-refractivity contribution is 6.25. The summed E-state index contributed by atoms with van der Waals surface area (Å²) in [6.45, 7) is 3.37. The lowest BCUT2D eigenvalue weighted by Gasteiger charge is -2.34. The van der Waals surface area contributed by atoms with Crippen LogP contribution in [0.1, 0.15) is 56.7 Å². The van der Waals surface area contributed by atoms with Gasteiger partial charge in [-0.15, -0.1) is 11.6 Å². The van der Waals surface area contributed by atoms with Gasteiger partial charge in [0.15, 0.2) is 0 Å². The number of imide groups is 2. The van der Waals surface area contributed by atoms with Crippen molar-refractivity contribution in [1.29, 1.82) is 0 Å². The summed E-state index contributed by atoms with van der Waals surface area (Å²) in [7, 11) is 0. The summed E-state index contributed by atoms with van der Waals surface area (Å²) in [6, 6.07) is 25.6. The fraction of sp³-hybridized carbons (Fsp3) is 0.279. The first-order valence-corrected chi connectivity index (χ1v) is 19.3. The van der Waals surface area contributed by atoms with Crippen molar-refractivity contribution in [2.75, 3.05) is 57.1 Å². The average Bonchev–Trinajstić information content (AvgIpc) is 3.47. The molecule has 1 unspecified atom stereocenters. The Morgan fingerprint density at radius 3 is 2.07 bits per heavy atom. The van der Waals surface area contributed by atoms with Crippen LogP contribution in [0.4, 0.5) is 5.69 Å². The first-order chi connectivity index (χ1) is 27.6. The zero-order valence-electron chi connectivity index (χ0n) is 31.1. The summed E-state index contributed by atoms with van der Waals surface area (Å²) in [5.41, 5.74) is 5.35. The highest BCUT2D eigenvalue weighted by Gasteiger charge is 2.45. The van der Waals surface area contributed by atoms with Crippen LogP contribution < -0.4 is 15.4 Å². The van der Waals surface area contributed by atoms with Crippen molar-refractivity contribution in [2.24, 2.45) is 0 Å². The number of nitrogens with zero attached hydrogens (tertiary/aromatic N) is 3. The highest BCUT2D eigenvalue weighted by Crippen LogP contribution is 2.37. The molecule has 4 aromatic carbocycles. The molecule has 0 spiro atoms. The molecule has 57 heavy (non-hydrogen) atoms. The number of aromatic hydroxyl groups is 2. The maximum absolute atomic E-state index is 13.4. The van der Waals surface area contributed by atoms with Gasteiger partial charge in [-0.3, -0.25) is 39.1 Å². The first kappa shape index (κ1) is 39.1. The van der Waals surface area contributed by atoms with Crippen molar-refractivity contribution in [3.05, 3.63) is 119 Å². The zero-order chi connectivity index (χ0) is 40.1. The molecular weight excluding hydrogens is 750 g/mol. The maximum Gasteiger partial charge on any atom is 0.264 e. The number of nitrogens with one attached hydrogen (secondary N) is 2. The van der Waals surface area contributed by atoms with E-state index in [-0.39, 0.29) is 47.9 Å². The van der Waals surface area contributed by atoms with E-state index in [1.54, 1.807) is 41.3 Å². The molecule has 0 aromatic heterocycles. The van der Waals surface area contributed by atoms with E-state index in [1.165, 1.54) is 6.07 Å². The summed E-state index contributed by atoms with van der Waals surface area (Å²) in [5, 5.41) is 25.1.